The van der Waals surface area contributed by atoms with E-state index in [1.807, 2.05) is 12.4 Å². The van der Waals surface area contributed by atoms with Crippen LogP contribution in [0.25, 0.3) is 10.8 Å². The standard InChI is InChI=1S/C16H20N2/c1-11(12(2)18-14-6-7-14)15-5-3-4-13-10-17-9-8-16(13)15/h3-5,8-12,14,18H,6-7H2,1-2H3. The molecule has 1 aliphatic rings. The van der Waals surface area contributed by atoms with E-state index in [4.69, 9.17) is 0 Å². The zero-order chi connectivity index (χ0) is 12.5. The van der Waals surface area contributed by atoms with Gasteiger partial charge in [0, 0.05) is 29.9 Å². The van der Waals surface area contributed by atoms with E-state index < -0.39 is 0 Å². The van der Waals surface area contributed by atoms with Gasteiger partial charge in [-0.2, -0.15) is 0 Å². The number of fused-ring (bicyclic) bond motifs is 1. The first-order valence-electron chi connectivity index (χ1n) is 6.84. The summed E-state index contributed by atoms with van der Waals surface area (Å²) in [6.45, 7) is 4.61. The summed E-state index contributed by atoms with van der Waals surface area (Å²) < 4.78 is 0. The molecule has 1 aromatic carbocycles. The van der Waals surface area contributed by atoms with E-state index in [1.165, 1.54) is 29.2 Å². The minimum atomic E-state index is 0.524. The van der Waals surface area contributed by atoms with Gasteiger partial charge in [0.2, 0.25) is 0 Å². The molecular weight excluding hydrogens is 220 g/mol. The molecule has 0 bridgehead atoms. The Morgan fingerprint density at radius 3 is 2.83 bits per heavy atom. The van der Waals surface area contributed by atoms with Crippen LogP contribution in [0.2, 0.25) is 0 Å². The molecule has 0 radical (unpaired) electrons. The Morgan fingerprint density at radius 1 is 1.22 bits per heavy atom. The minimum Gasteiger partial charge on any atom is -0.311 e. The number of nitrogens with zero attached hydrogens (tertiary/aromatic N) is 1. The van der Waals surface area contributed by atoms with Crippen molar-refractivity contribution in [3.63, 3.8) is 0 Å². The van der Waals surface area contributed by atoms with Crippen molar-refractivity contribution in [2.24, 2.45) is 0 Å². The lowest BCUT2D eigenvalue weighted by molar-refractivity contribution is 0.480. The number of hydrogen-bond donors (Lipinski definition) is 1. The summed E-state index contributed by atoms with van der Waals surface area (Å²) in [7, 11) is 0. The molecule has 2 heteroatoms. The van der Waals surface area contributed by atoms with Crippen LogP contribution in [0, 0.1) is 0 Å². The Morgan fingerprint density at radius 2 is 2.06 bits per heavy atom. The van der Waals surface area contributed by atoms with E-state index in [2.05, 4.69) is 48.4 Å². The maximum absolute atomic E-state index is 4.20. The monoisotopic (exact) mass is 240 g/mol. The van der Waals surface area contributed by atoms with Gasteiger partial charge in [0.05, 0.1) is 0 Å². The van der Waals surface area contributed by atoms with Crippen LogP contribution in [0.3, 0.4) is 0 Å². The van der Waals surface area contributed by atoms with Gasteiger partial charge < -0.3 is 5.32 Å². The van der Waals surface area contributed by atoms with Crippen LogP contribution in [0.4, 0.5) is 0 Å². The number of pyridine rings is 1. The van der Waals surface area contributed by atoms with Crippen LogP contribution < -0.4 is 5.32 Å². The molecule has 0 aliphatic heterocycles. The molecule has 0 spiro atoms. The molecule has 0 saturated heterocycles. The second kappa shape index (κ2) is 4.69. The quantitative estimate of drug-likeness (QED) is 0.885. The van der Waals surface area contributed by atoms with Crippen LogP contribution >= 0.6 is 0 Å². The van der Waals surface area contributed by atoms with E-state index in [-0.39, 0.29) is 0 Å². The molecule has 2 aromatic rings. The molecule has 1 heterocycles. The highest BCUT2D eigenvalue weighted by Gasteiger charge is 2.25. The summed E-state index contributed by atoms with van der Waals surface area (Å²) in [5.74, 6) is 0.525. The van der Waals surface area contributed by atoms with Crippen molar-refractivity contribution in [1.29, 1.82) is 0 Å². The molecular formula is C16H20N2. The predicted octanol–water partition coefficient (Wildman–Crippen LogP) is 3.48. The fourth-order valence-electron chi connectivity index (χ4n) is 2.58. The van der Waals surface area contributed by atoms with Crippen LogP contribution in [-0.2, 0) is 0 Å². The van der Waals surface area contributed by atoms with Gasteiger partial charge in [0.15, 0.2) is 0 Å². The average molecular weight is 240 g/mol. The number of nitrogens with one attached hydrogen (secondary N) is 1. The first-order valence-corrected chi connectivity index (χ1v) is 6.84. The van der Waals surface area contributed by atoms with Crippen LogP contribution in [0.1, 0.15) is 38.2 Å². The van der Waals surface area contributed by atoms with Gasteiger partial charge in [-0.3, -0.25) is 4.98 Å². The molecule has 1 fully saturated rings. The molecule has 1 N–H and O–H groups in total. The topological polar surface area (TPSA) is 24.9 Å². The first kappa shape index (κ1) is 11.7. The third kappa shape index (κ3) is 2.25. The van der Waals surface area contributed by atoms with Crippen LogP contribution in [0.15, 0.2) is 36.7 Å². The van der Waals surface area contributed by atoms with E-state index in [1.54, 1.807) is 0 Å². The van der Waals surface area contributed by atoms with Crippen molar-refractivity contribution >= 4 is 10.8 Å². The molecule has 1 aliphatic carbocycles. The highest BCUT2D eigenvalue weighted by molar-refractivity contribution is 5.85. The lowest BCUT2D eigenvalue weighted by Crippen LogP contribution is -2.32. The van der Waals surface area contributed by atoms with Gasteiger partial charge in [-0.1, -0.05) is 25.1 Å². The van der Waals surface area contributed by atoms with Crippen molar-refractivity contribution in [2.45, 2.75) is 44.7 Å². The lowest BCUT2D eigenvalue weighted by Gasteiger charge is -2.23. The average Bonchev–Trinajstić information content (AvgIpc) is 3.21. The number of benzene rings is 1. The zero-order valence-corrected chi connectivity index (χ0v) is 11.1. The van der Waals surface area contributed by atoms with Crippen molar-refractivity contribution in [1.82, 2.24) is 10.3 Å². The molecule has 2 unspecified atom stereocenters. The minimum absolute atomic E-state index is 0.524. The maximum atomic E-state index is 4.20. The third-order valence-electron chi connectivity index (χ3n) is 4.03. The van der Waals surface area contributed by atoms with Gasteiger partial charge >= 0.3 is 0 Å². The zero-order valence-electron chi connectivity index (χ0n) is 11.1. The fraction of sp³-hybridized carbons (Fsp3) is 0.438. The van der Waals surface area contributed by atoms with Gasteiger partial charge in [-0.05, 0) is 42.7 Å². The summed E-state index contributed by atoms with van der Waals surface area (Å²) >= 11 is 0. The van der Waals surface area contributed by atoms with Crippen LogP contribution in [0.5, 0.6) is 0 Å². The van der Waals surface area contributed by atoms with Crippen molar-refractivity contribution < 1.29 is 0 Å². The Hall–Kier alpha value is -1.41. The molecule has 1 aromatic heterocycles. The number of aromatic nitrogens is 1. The SMILES string of the molecule is CC(NC1CC1)C(C)c1cccc2cnccc12. The summed E-state index contributed by atoms with van der Waals surface area (Å²) in [6, 6.07) is 9.94. The molecule has 94 valence electrons. The second-order valence-corrected chi connectivity index (χ2v) is 5.46. The number of hydrogen-bond acceptors (Lipinski definition) is 2. The Balaban J connectivity index is 1.92. The highest BCUT2D eigenvalue weighted by Crippen LogP contribution is 2.29. The van der Waals surface area contributed by atoms with Gasteiger partial charge in [-0.25, -0.2) is 0 Å². The first-order chi connectivity index (χ1) is 8.75. The molecule has 2 nitrogen and oxygen atoms in total. The molecule has 1 saturated carbocycles. The number of rotatable bonds is 4. The summed E-state index contributed by atoms with van der Waals surface area (Å²) in [5.41, 5.74) is 1.43. The maximum Gasteiger partial charge on any atom is 0.0346 e. The summed E-state index contributed by atoms with van der Waals surface area (Å²) in [4.78, 5) is 4.20. The fourth-order valence-corrected chi connectivity index (χ4v) is 2.58. The third-order valence-corrected chi connectivity index (χ3v) is 4.03. The van der Waals surface area contributed by atoms with Gasteiger partial charge in [-0.15, -0.1) is 0 Å². The van der Waals surface area contributed by atoms with E-state index in [9.17, 15) is 0 Å². The van der Waals surface area contributed by atoms with Crippen molar-refractivity contribution in [3.8, 4) is 0 Å². The Kier molecular flexibility index (Phi) is 3.04. The molecule has 0 amide bonds. The molecule has 3 rings (SSSR count). The van der Waals surface area contributed by atoms with Gasteiger partial charge in [0.1, 0.15) is 0 Å². The van der Waals surface area contributed by atoms with E-state index in [0.717, 1.165) is 6.04 Å². The van der Waals surface area contributed by atoms with Crippen molar-refractivity contribution in [3.05, 3.63) is 42.2 Å². The van der Waals surface area contributed by atoms with Gasteiger partial charge in [0.25, 0.3) is 0 Å². The molecule has 2 atom stereocenters. The Labute approximate surface area is 108 Å². The van der Waals surface area contributed by atoms with E-state index in [0.29, 0.717) is 12.0 Å². The largest absolute Gasteiger partial charge is 0.311 e. The highest BCUT2D eigenvalue weighted by atomic mass is 15.0. The Bertz CT molecular complexity index is 540. The predicted molar refractivity (Wildman–Crippen MR) is 75.8 cm³/mol. The second-order valence-electron chi connectivity index (χ2n) is 5.46. The summed E-state index contributed by atoms with van der Waals surface area (Å²) in [6.07, 6.45) is 6.52. The summed E-state index contributed by atoms with van der Waals surface area (Å²) in [5, 5.41) is 6.28. The lowest BCUT2D eigenvalue weighted by atomic mass is 9.90. The smallest absolute Gasteiger partial charge is 0.0346 e. The normalized spacial score (nSPS) is 18.8. The van der Waals surface area contributed by atoms with E-state index >= 15 is 0 Å². The molecule has 18 heavy (non-hydrogen) atoms. The van der Waals surface area contributed by atoms with Crippen LogP contribution in [-0.4, -0.2) is 17.1 Å². The van der Waals surface area contributed by atoms with Crippen molar-refractivity contribution in [2.75, 3.05) is 0 Å².